The average molecular weight is 505 g/mol. The van der Waals surface area contributed by atoms with Gasteiger partial charge in [-0.3, -0.25) is 9.59 Å². The molecule has 1 aliphatic carbocycles. The Morgan fingerprint density at radius 3 is 1.82 bits per heavy atom. The van der Waals surface area contributed by atoms with Gasteiger partial charge in [0.1, 0.15) is 10.8 Å². The van der Waals surface area contributed by atoms with Gasteiger partial charge >= 0.3 is 0 Å². The molecule has 0 saturated carbocycles. The van der Waals surface area contributed by atoms with Crippen molar-refractivity contribution in [2.45, 2.75) is 50.4 Å². The van der Waals surface area contributed by atoms with E-state index in [0.717, 1.165) is 12.8 Å². The van der Waals surface area contributed by atoms with Crippen molar-refractivity contribution < 1.29 is 9.59 Å². The number of allylic oxidation sites excluding steroid dienone is 1. The van der Waals surface area contributed by atoms with Crippen molar-refractivity contribution in [1.82, 2.24) is 0 Å². The van der Waals surface area contributed by atoms with Gasteiger partial charge in [0.25, 0.3) is 0 Å². The normalized spacial score (nSPS) is 24.5. The molecule has 2 N–H and O–H groups in total. The molecule has 2 heterocycles. The second kappa shape index (κ2) is 8.75. The molecule has 0 unspecified atom stereocenters. The van der Waals surface area contributed by atoms with Crippen LogP contribution in [0.25, 0.3) is 0 Å². The Hall–Kier alpha value is -4.61. The number of benzene rings is 2. The van der Waals surface area contributed by atoms with E-state index >= 15 is 0 Å². The van der Waals surface area contributed by atoms with E-state index in [1.807, 2.05) is 13.8 Å². The quantitative estimate of drug-likeness (QED) is 0.632. The Morgan fingerprint density at radius 1 is 0.789 bits per heavy atom. The largest absolute Gasteiger partial charge is 0.399 e. The van der Waals surface area contributed by atoms with Crippen LogP contribution in [0, 0.1) is 39.4 Å². The summed E-state index contributed by atoms with van der Waals surface area (Å²) in [7, 11) is 0. The number of nitriles is 3. The van der Waals surface area contributed by atoms with Crippen LogP contribution >= 0.6 is 0 Å². The molecule has 2 atom stereocenters. The highest BCUT2D eigenvalue weighted by atomic mass is 16.2. The summed E-state index contributed by atoms with van der Waals surface area (Å²) in [5.41, 5.74) is 1.65. The van der Waals surface area contributed by atoms with Crippen molar-refractivity contribution in [2.24, 2.45) is 11.1 Å². The van der Waals surface area contributed by atoms with Crippen LogP contribution in [-0.2, 0) is 20.4 Å². The van der Waals surface area contributed by atoms with Gasteiger partial charge in [-0.2, -0.15) is 15.8 Å². The SMILES string of the molecule is CCCCN1C(=O)[C@]2(C(C#N)=C(N)C(C#N)(C#N)[C@]23C(=O)N(CCCC)c2ccccc23)c2ccccc21. The molecule has 0 fully saturated rings. The van der Waals surface area contributed by atoms with Crippen molar-refractivity contribution in [3.05, 3.63) is 70.9 Å². The zero-order valence-electron chi connectivity index (χ0n) is 21.5. The molecule has 2 aromatic carbocycles. The molecule has 0 saturated heterocycles. The molecule has 8 nitrogen and oxygen atoms in total. The molecule has 2 aliphatic heterocycles. The van der Waals surface area contributed by atoms with Gasteiger partial charge < -0.3 is 15.5 Å². The molecule has 2 aromatic rings. The van der Waals surface area contributed by atoms with E-state index < -0.39 is 28.1 Å². The minimum atomic E-state index is -2.28. The number of carbonyl (C=O) groups excluding carboxylic acids is 2. The molecule has 190 valence electrons. The standard InChI is InChI=1S/C30H28N6O2/c1-3-5-15-35-23-13-9-7-11-20(23)29(26(35)37)22(17-31)25(34)28(18-32,19-33)30(29)21-12-8-10-14-24(21)36(27(30)38)16-6-4-2/h7-14H,3-6,15-16,34H2,1-2H3/t29-,30+/m1/s1. The summed E-state index contributed by atoms with van der Waals surface area (Å²) in [4.78, 5) is 33.0. The highest BCUT2D eigenvalue weighted by Crippen LogP contribution is 2.72. The number of para-hydroxylation sites is 2. The summed E-state index contributed by atoms with van der Waals surface area (Å²) >= 11 is 0. The Labute approximate surface area is 222 Å². The van der Waals surface area contributed by atoms with E-state index in [0.29, 0.717) is 48.4 Å². The molecule has 38 heavy (non-hydrogen) atoms. The molecular formula is C30H28N6O2. The van der Waals surface area contributed by atoms with Crippen molar-refractivity contribution in [1.29, 1.82) is 15.8 Å². The number of rotatable bonds is 6. The zero-order chi connectivity index (χ0) is 27.3. The molecule has 2 amide bonds. The van der Waals surface area contributed by atoms with E-state index in [2.05, 4.69) is 18.2 Å². The summed E-state index contributed by atoms with van der Waals surface area (Å²) in [6.07, 6.45) is 3.00. The van der Waals surface area contributed by atoms with Gasteiger partial charge in [0.2, 0.25) is 17.2 Å². The second-order valence-electron chi connectivity index (χ2n) is 10.0. The molecule has 0 aromatic heterocycles. The molecule has 3 aliphatic rings. The highest BCUT2D eigenvalue weighted by molar-refractivity contribution is 6.23. The fourth-order valence-corrected chi connectivity index (χ4v) is 6.83. The van der Waals surface area contributed by atoms with E-state index in [1.54, 1.807) is 58.3 Å². The Kier molecular flexibility index (Phi) is 5.77. The van der Waals surface area contributed by atoms with Gasteiger partial charge in [0.05, 0.1) is 29.5 Å². The summed E-state index contributed by atoms with van der Waals surface area (Å²) in [5.74, 6) is -1.05. The third-order valence-electron chi connectivity index (χ3n) is 8.42. The average Bonchev–Trinajstić information content (AvgIpc) is 3.43. The summed E-state index contributed by atoms with van der Waals surface area (Å²) in [6, 6.07) is 20.3. The van der Waals surface area contributed by atoms with Crippen molar-refractivity contribution in [2.75, 3.05) is 22.9 Å². The lowest BCUT2D eigenvalue weighted by molar-refractivity contribution is -0.134. The summed E-state index contributed by atoms with van der Waals surface area (Å²) in [6.45, 7) is 4.72. The Balaban J connectivity index is 1.99. The van der Waals surface area contributed by atoms with Crippen LogP contribution in [0.5, 0.6) is 0 Å². The molecular weight excluding hydrogens is 476 g/mol. The van der Waals surface area contributed by atoms with E-state index in [9.17, 15) is 25.4 Å². The number of fused-ring (bicyclic) bond motifs is 5. The van der Waals surface area contributed by atoms with Gasteiger partial charge in [-0.25, -0.2) is 0 Å². The lowest BCUT2D eigenvalue weighted by Crippen LogP contribution is -2.64. The van der Waals surface area contributed by atoms with Gasteiger partial charge in [-0.15, -0.1) is 0 Å². The predicted molar refractivity (Wildman–Crippen MR) is 141 cm³/mol. The molecule has 2 spiro atoms. The summed E-state index contributed by atoms with van der Waals surface area (Å²) < 4.78 is 0. The van der Waals surface area contributed by atoms with Gasteiger partial charge in [-0.05, 0) is 36.1 Å². The van der Waals surface area contributed by atoms with Crippen molar-refractivity contribution in [3.8, 4) is 18.2 Å². The van der Waals surface area contributed by atoms with Crippen LogP contribution in [0.4, 0.5) is 11.4 Å². The monoisotopic (exact) mass is 504 g/mol. The van der Waals surface area contributed by atoms with E-state index in [1.165, 1.54) is 0 Å². The first-order chi connectivity index (χ1) is 18.4. The number of anilines is 2. The van der Waals surface area contributed by atoms with Crippen LogP contribution in [0.3, 0.4) is 0 Å². The zero-order valence-corrected chi connectivity index (χ0v) is 21.5. The van der Waals surface area contributed by atoms with Crippen LogP contribution in [0.15, 0.2) is 59.8 Å². The third kappa shape index (κ3) is 2.51. The first kappa shape index (κ1) is 25.1. The predicted octanol–water partition coefficient (Wildman–Crippen LogP) is 3.94. The fraction of sp³-hybridized carbons (Fsp3) is 0.367. The maximum Gasteiger partial charge on any atom is 0.244 e. The van der Waals surface area contributed by atoms with Gasteiger partial charge in [0, 0.05) is 24.5 Å². The van der Waals surface area contributed by atoms with E-state index in [4.69, 9.17) is 5.73 Å². The lowest BCUT2D eigenvalue weighted by atomic mass is 9.50. The first-order valence-electron chi connectivity index (χ1n) is 13.0. The maximum atomic E-state index is 14.9. The lowest BCUT2D eigenvalue weighted by Gasteiger charge is -2.43. The number of hydrogen-bond acceptors (Lipinski definition) is 6. The molecule has 0 bridgehead atoms. The number of amides is 2. The molecule has 5 rings (SSSR count). The van der Waals surface area contributed by atoms with Crippen LogP contribution in [0.1, 0.15) is 50.7 Å². The first-order valence-corrected chi connectivity index (χ1v) is 13.0. The van der Waals surface area contributed by atoms with Crippen LogP contribution < -0.4 is 15.5 Å². The fourth-order valence-electron chi connectivity index (χ4n) is 6.83. The number of nitrogens with zero attached hydrogens (tertiary/aromatic N) is 5. The van der Waals surface area contributed by atoms with Crippen molar-refractivity contribution in [3.63, 3.8) is 0 Å². The van der Waals surface area contributed by atoms with Gasteiger partial charge in [0.15, 0.2) is 0 Å². The van der Waals surface area contributed by atoms with Crippen LogP contribution in [-0.4, -0.2) is 24.9 Å². The highest BCUT2D eigenvalue weighted by Gasteiger charge is 2.85. The Bertz CT molecular complexity index is 1510. The number of hydrogen-bond donors (Lipinski definition) is 1. The number of unbranched alkanes of at least 4 members (excludes halogenated alkanes) is 2. The summed E-state index contributed by atoms with van der Waals surface area (Å²) in [5, 5.41) is 32.0. The molecule has 0 radical (unpaired) electrons. The topological polar surface area (TPSA) is 138 Å². The number of carbonyl (C=O) groups is 2. The Morgan fingerprint density at radius 2 is 1.29 bits per heavy atom. The van der Waals surface area contributed by atoms with Crippen LogP contribution in [0.2, 0.25) is 0 Å². The smallest absolute Gasteiger partial charge is 0.244 e. The van der Waals surface area contributed by atoms with Crippen molar-refractivity contribution >= 4 is 23.2 Å². The second-order valence-corrected chi connectivity index (χ2v) is 10.0. The van der Waals surface area contributed by atoms with Gasteiger partial charge in [-0.1, -0.05) is 63.1 Å². The third-order valence-corrected chi connectivity index (χ3v) is 8.42. The maximum absolute atomic E-state index is 14.9. The molecule has 8 heteroatoms. The minimum Gasteiger partial charge on any atom is -0.399 e. The minimum absolute atomic E-state index is 0.197. The van der Waals surface area contributed by atoms with E-state index in [-0.39, 0.29) is 11.3 Å². The number of nitrogens with two attached hydrogens (primary N) is 1.